The highest BCUT2D eigenvalue weighted by Gasteiger charge is 2.18. The Bertz CT molecular complexity index is 900. The first-order valence-corrected chi connectivity index (χ1v) is 11.8. The number of benzene rings is 2. The van der Waals surface area contributed by atoms with Gasteiger partial charge in [-0.2, -0.15) is 0 Å². The smallest absolute Gasteiger partial charge is 0.193 e. The zero-order chi connectivity index (χ0) is 20.6. The van der Waals surface area contributed by atoms with Gasteiger partial charge in [-0.05, 0) is 43.0 Å². The molecular weight excluding hydrogens is 397 g/mol. The Balaban J connectivity index is 2.05. The van der Waals surface area contributed by atoms with Crippen molar-refractivity contribution in [1.82, 2.24) is 10.2 Å². The fraction of sp³-hybridized carbons (Fsp3) is 0.350. The van der Waals surface area contributed by atoms with E-state index in [0.29, 0.717) is 19.0 Å². The van der Waals surface area contributed by atoms with E-state index in [1.165, 1.54) is 23.1 Å². The van der Waals surface area contributed by atoms with Crippen LogP contribution < -0.4 is 5.32 Å². The molecule has 0 atom stereocenters. The Morgan fingerprint density at radius 1 is 1.18 bits per heavy atom. The number of rotatable bonds is 8. The molecule has 28 heavy (non-hydrogen) atoms. The molecule has 2 rings (SSSR count). The van der Waals surface area contributed by atoms with E-state index in [9.17, 15) is 12.8 Å². The van der Waals surface area contributed by atoms with Gasteiger partial charge in [-0.25, -0.2) is 12.8 Å². The minimum absolute atomic E-state index is 0.0504. The van der Waals surface area contributed by atoms with E-state index in [-0.39, 0.29) is 17.2 Å². The zero-order valence-electron chi connectivity index (χ0n) is 16.4. The largest absolute Gasteiger partial charge is 0.357 e. The number of halogens is 1. The molecule has 0 radical (unpaired) electrons. The summed E-state index contributed by atoms with van der Waals surface area (Å²) in [6, 6.07) is 13.7. The van der Waals surface area contributed by atoms with Gasteiger partial charge in [0, 0.05) is 25.0 Å². The predicted molar refractivity (Wildman–Crippen MR) is 114 cm³/mol. The van der Waals surface area contributed by atoms with Crippen molar-refractivity contribution < 1.29 is 12.8 Å². The number of thioether (sulfide) groups is 1. The lowest BCUT2D eigenvalue weighted by atomic mass is 10.2. The van der Waals surface area contributed by atoms with Gasteiger partial charge in [-0.3, -0.25) is 4.99 Å². The highest BCUT2D eigenvalue weighted by Crippen LogP contribution is 2.16. The minimum atomic E-state index is -3.72. The molecule has 2 aromatic carbocycles. The maximum atomic E-state index is 13.8. The Morgan fingerprint density at radius 2 is 1.86 bits per heavy atom. The van der Waals surface area contributed by atoms with Crippen LogP contribution in [0.1, 0.15) is 12.5 Å². The summed E-state index contributed by atoms with van der Waals surface area (Å²) in [4.78, 5) is 7.27. The number of guanidine groups is 1. The lowest BCUT2D eigenvalue weighted by Crippen LogP contribution is -2.38. The molecule has 2 aromatic rings. The summed E-state index contributed by atoms with van der Waals surface area (Å²) in [7, 11) is -1.83. The number of sulfone groups is 1. The molecule has 0 heterocycles. The quantitative estimate of drug-likeness (QED) is 0.400. The van der Waals surface area contributed by atoms with Gasteiger partial charge >= 0.3 is 0 Å². The normalized spacial score (nSPS) is 12.1. The molecule has 0 spiro atoms. The van der Waals surface area contributed by atoms with Gasteiger partial charge in [-0.1, -0.05) is 24.3 Å². The SMILES string of the molecule is CCNC(=NCCS(=O)(=O)c1ccccc1F)N(C)Cc1ccc(SC)cc1. The Morgan fingerprint density at radius 3 is 2.46 bits per heavy atom. The summed E-state index contributed by atoms with van der Waals surface area (Å²) >= 11 is 1.69. The molecule has 0 saturated carbocycles. The van der Waals surface area contributed by atoms with Crippen LogP contribution >= 0.6 is 11.8 Å². The fourth-order valence-electron chi connectivity index (χ4n) is 2.63. The molecule has 0 unspecified atom stereocenters. The summed E-state index contributed by atoms with van der Waals surface area (Å²) in [6.45, 7) is 3.30. The number of hydrogen-bond donors (Lipinski definition) is 1. The minimum Gasteiger partial charge on any atom is -0.357 e. The first-order chi connectivity index (χ1) is 13.4. The molecule has 0 bridgehead atoms. The average Bonchev–Trinajstić information content (AvgIpc) is 2.68. The van der Waals surface area contributed by atoms with Crippen LogP contribution in [0.4, 0.5) is 4.39 Å². The van der Waals surface area contributed by atoms with Crippen LogP contribution in [0.5, 0.6) is 0 Å². The van der Waals surface area contributed by atoms with E-state index in [1.54, 1.807) is 11.8 Å². The molecule has 0 saturated heterocycles. The number of nitrogens with zero attached hydrogens (tertiary/aromatic N) is 2. The van der Waals surface area contributed by atoms with Crippen LogP contribution in [-0.2, 0) is 16.4 Å². The maximum absolute atomic E-state index is 13.8. The van der Waals surface area contributed by atoms with E-state index in [2.05, 4.69) is 34.6 Å². The van der Waals surface area contributed by atoms with E-state index >= 15 is 0 Å². The Kier molecular flexibility index (Phi) is 8.32. The first kappa shape index (κ1) is 22.2. The van der Waals surface area contributed by atoms with E-state index < -0.39 is 15.7 Å². The van der Waals surface area contributed by atoms with Crippen LogP contribution in [0.3, 0.4) is 0 Å². The van der Waals surface area contributed by atoms with Crippen LogP contribution in [0.2, 0.25) is 0 Å². The van der Waals surface area contributed by atoms with Crippen molar-refractivity contribution in [3.63, 3.8) is 0 Å². The summed E-state index contributed by atoms with van der Waals surface area (Å²) in [5.41, 5.74) is 1.13. The van der Waals surface area contributed by atoms with Crippen molar-refractivity contribution >= 4 is 27.6 Å². The van der Waals surface area contributed by atoms with Crippen molar-refractivity contribution in [2.24, 2.45) is 4.99 Å². The topological polar surface area (TPSA) is 61.8 Å². The standard InChI is InChI=1S/C20H26FN3O2S2/c1-4-22-20(24(2)15-16-9-11-17(27-3)12-10-16)23-13-14-28(25,26)19-8-6-5-7-18(19)21/h5-12H,4,13-15H2,1-3H3,(H,22,23). The molecule has 0 amide bonds. The predicted octanol–water partition coefficient (Wildman–Crippen LogP) is 3.42. The lowest BCUT2D eigenvalue weighted by molar-refractivity contribution is 0.477. The molecule has 8 heteroatoms. The number of hydrogen-bond acceptors (Lipinski definition) is 4. The number of nitrogens with one attached hydrogen (secondary N) is 1. The third-order valence-electron chi connectivity index (χ3n) is 4.07. The monoisotopic (exact) mass is 423 g/mol. The molecule has 152 valence electrons. The highest BCUT2D eigenvalue weighted by atomic mass is 32.2. The van der Waals surface area contributed by atoms with Crippen LogP contribution in [-0.4, -0.2) is 51.4 Å². The highest BCUT2D eigenvalue weighted by molar-refractivity contribution is 7.98. The average molecular weight is 424 g/mol. The van der Waals surface area contributed by atoms with Crippen LogP contribution in [0.25, 0.3) is 0 Å². The molecule has 1 N–H and O–H groups in total. The summed E-state index contributed by atoms with van der Waals surface area (Å²) in [5, 5.41) is 3.17. The van der Waals surface area contributed by atoms with Crippen molar-refractivity contribution in [2.75, 3.05) is 32.1 Å². The van der Waals surface area contributed by atoms with Crippen molar-refractivity contribution in [2.45, 2.75) is 23.3 Å². The van der Waals surface area contributed by atoms with Gasteiger partial charge in [-0.15, -0.1) is 11.8 Å². The molecule has 5 nitrogen and oxygen atoms in total. The van der Waals surface area contributed by atoms with Crippen molar-refractivity contribution in [3.8, 4) is 0 Å². The third-order valence-corrected chi connectivity index (χ3v) is 6.53. The van der Waals surface area contributed by atoms with Gasteiger partial charge in [0.25, 0.3) is 0 Å². The summed E-state index contributed by atoms with van der Waals surface area (Å²) in [6.07, 6.45) is 2.03. The second-order valence-corrected chi connectivity index (χ2v) is 9.15. The van der Waals surface area contributed by atoms with Crippen molar-refractivity contribution in [1.29, 1.82) is 0 Å². The van der Waals surface area contributed by atoms with Crippen LogP contribution in [0, 0.1) is 5.82 Å². The molecule has 0 aliphatic heterocycles. The van der Waals surface area contributed by atoms with Gasteiger partial charge in [0.05, 0.1) is 12.3 Å². The molecule has 0 fully saturated rings. The Labute approximate surface area is 171 Å². The van der Waals surface area contributed by atoms with Gasteiger partial charge in [0.1, 0.15) is 10.7 Å². The van der Waals surface area contributed by atoms with Gasteiger partial charge in [0.2, 0.25) is 0 Å². The third kappa shape index (κ3) is 6.24. The molecule has 0 aromatic heterocycles. The van der Waals surface area contributed by atoms with Gasteiger partial charge in [0.15, 0.2) is 15.8 Å². The van der Waals surface area contributed by atoms with Crippen LogP contribution in [0.15, 0.2) is 63.3 Å². The zero-order valence-corrected chi connectivity index (χ0v) is 18.0. The van der Waals surface area contributed by atoms with E-state index in [0.717, 1.165) is 11.6 Å². The van der Waals surface area contributed by atoms with E-state index in [1.807, 2.05) is 25.1 Å². The summed E-state index contributed by atoms with van der Waals surface area (Å²) in [5.74, 6) is -0.372. The van der Waals surface area contributed by atoms with E-state index in [4.69, 9.17) is 0 Å². The summed E-state index contributed by atoms with van der Waals surface area (Å²) < 4.78 is 38.5. The first-order valence-electron chi connectivity index (χ1n) is 8.97. The maximum Gasteiger partial charge on any atom is 0.193 e. The molecule has 0 aliphatic rings. The van der Waals surface area contributed by atoms with Gasteiger partial charge < -0.3 is 10.2 Å². The number of aliphatic imine (C=N–C) groups is 1. The second kappa shape index (κ2) is 10.5. The molecule has 0 aliphatic carbocycles. The second-order valence-electron chi connectivity index (χ2n) is 6.19. The molecular formula is C20H26FN3O2S2. The van der Waals surface area contributed by atoms with Crippen molar-refractivity contribution in [3.05, 3.63) is 59.9 Å². The Hall–Kier alpha value is -2.06. The lowest BCUT2D eigenvalue weighted by Gasteiger charge is -2.22. The fourth-order valence-corrected chi connectivity index (χ4v) is 4.24.